The molecule has 0 radical (unpaired) electrons. The van der Waals surface area contributed by atoms with Crippen LogP contribution >= 0.6 is 0 Å². The Hall–Kier alpha value is -3.31. The number of amides is 2. The molecule has 4 rings (SSSR count). The number of aliphatic hydroxyl groups is 1. The number of rotatable bonds is 4. The van der Waals surface area contributed by atoms with E-state index < -0.39 is 0 Å². The third-order valence-electron chi connectivity index (χ3n) is 5.25. The second-order valence-electron chi connectivity index (χ2n) is 7.23. The molecule has 0 fully saturated rings. The zero-order chi connectivity index (χ0) is 20.2. The van der Waals surface area contributed by atoms with Gasteiger partial charge in [0.05, 0.1) is 13.2 Å². The molecule has 1 unspecified atom stereocenters. The van der Waals surface area contributed by atoms with Crippen LogP contribution in [-0.4, -0.2) is 24.4 Å². The van der Waals surface area contributed by atoms with Crippen molar-refractivity contribution in [2.75, 3.05) is 17.7 Å². The molecule has 1 atom stereocenters. The Balaban J connectivity index is 1.48. The van der Waals surface area contributed by atoms with Crippen LogP contribution in [0.2, 0.25) is 0 Å². The average molecular weight is 388 g/mol. The number of hydrogen-bond donors (Lipinski definition) is 3. The number of carbonyl (C=O) groups is 1. The number of benzene rings is 3. The molecule has 5 heteroatoms. The van der Waals surface area contributed by atoms with Gasteiger partial charge >= 0.3 is 6.03 Å². The van der Waals surface area contributed by atoms with Crippen molar-refractivity contribution in [3.63, 3.8) is 0 Å². The van der Waals surface area contributed by atoms with E-state index in [1.807, 2.05) is 60.7 Å². The molecule has 0 aromatic heterocycles. The van der Waals surface area contributed by atoms with Crippen molar-refractivity contribution in [3.8, 4) is 16.9 Å². The summed E-state index contributed by atoms with van der Waals surface area (Å²) in [5.41, 5.74) is 5.72. The zero-order valence-corrected chi connectivity index (χ0v) is 16.3. The second kappa shape index (κ2) is 8.37. The number of methoxy groups -OCH3 is 1. The summed E-state index contributed by atoms with van der Waals surface area (Å²) in [4.78, 5) is 12.6. The van der Waals surface area contributed by atoms with Crippen LogP contribution in [-0.2, 0) is 12.8 Å². The van der Waals surface area contributed by atoms with E-state index in [0.717, 1.165) is 41.0 Å². The van der Waals surface area contributed by atoms with Crippen LogP contribution in [0.1, 0.15) is 17.5 Å². The van der Waals surface area contributed by atoms with E-state index in [1.54, 1.807) is 7.11 Å². The van der Waals surface area contributed by atoms with E-state index in [2.05, 4.69) is 16.7 Å². The maximum atomic E-state index is 12.6. The average Bonchev–Trinajstić information content (AvgIpc) is 2.74. The Morgan fingerprint density at radius 1 is 1.00 bits per heavy atom. The van der Waals surface area contributed by atoms with E-state index in [0.29, 0.717) is 12.1 Å². The Morgan fingerprint density at radius 3 is 2.59 bits per heavy atom. The summed E-state index contributed by atoms with van der Waals surface area (Å²) in [6.07, 6.45) is 1.81. The molecule has 1 aliphatic rings. The van der Waals surface area contributed by atoms with Crippen LogP contribution in [0.15, 0.2) is 66.7 Å². The fourth-order valence-electron chi connectivity index (χ4n) is 3.73. The van der Waals surface area contributed by atoms with Crippen molar-refractivity contribution in [2.45, 2.75) is 25.4 Å². The Morgan fingerprint density at radius 2 is 1.79 bits per heavy atom. The van der Waals surface area contributed by atoms with Gasteiger partial charge in [-0.1, -0.05) is 36.4 Å². The van der Waals surface area contributed by atoms with Crippen LogP contribution in [0.4, 0.5) is 16.2 Å². The first kappa shape index (κ1) is 19.0. The summed E-state index contributed by atoms with van der Waals surface area (Å²) in [5.74, 6) is 0.804. The highest BCUT2D eigenvalue weighted by Crippen LogP contribution is 2.29. The highest BCUT2D eigenvalue weighted by Gasteiger charge is 2.20. The maximum Gasteiger partial charge on any atom is 0.323 e. The van der Waals surface area contributed by atoms with E-state index in [-0.39, 0.29) is 12.1 Å². The number of anilines is 2. The van der Waals surface area contributed by atoms with Gasteiger partial charge in [-0.15, -0.1) is 0 Å². The monoisotopic (exact) mass is 388 g/mol. The normalized spacial score (nSPS) is 15.3. The summed E-state index contributed by atoms with van der Waals surface area (Å²) in [6, 6.07) is 21.1. The van der Waals surface area contributed by atoms with Gasteiger partial charge in [0, 0.05) is 17.8 Å². The third kappa shape index (κ3) is 4.41. The van der Waals surface area contributed by atoms with Crippen molar-refractivity contribution in [1.29, 1.82) is 0 Å². The Labute approximate surface area is 170 Å². The predicted octanol–water partition coefficient (Wildman–Crippen LogP) is 4.86. The van der Waals surface area contributed by atoms with Crippen LogP contribution in [0.5, 0.6) is 5.75 Å². The van der Waals surface area contributed by atoms with Crippen LogP contribution < -0.4 is 15.4 Å². The third-order valence-corrected chi connectivity index (χ3v) is 5.25. The second-order valence-corrected chi connectivity index (χ2v) is 7.23. The maximum absolute atomic E-state index is 12.6. The van der Waals surface area contributed by atoms with E-state index in [1.165, 1.54) is 5.56 Å². The number of urea groups is 1. The van der Waals surface area contributed by atoms with Gasteiger partial charge in [0.2, 0.25) is 0 Å². The molecule has 0 spiro atoms. The van der Waals surface area contributed by atoms with Gasteiger partial charge in [-0.2, -0.15) is 0 Å². The van der Waals surface area contributed by atoms with Crippen LogP contribution in [0, 0.1) is 0 Å². The molecule has 0 heterocycles. The lowest BCUT2D eigenvalue weighted by Crippen LogP contribution is -2.24. The first-order valence-electron chi connectivity index (χ1n) is 9.74. The molecule has 1 aliphatic carbocycles. The molecule has 0 saturated carbocycles. The summed E-state index contributed by atoms with van der Waals surface area (Å²) in [6.45, 7) is 0. The number of aryl methyl sites for hydroxylation is 1. The van der Waals surface area contributed by atoms with Gasteiger partial charge in [-0.05, 0) is 65.4 Å². The fraction of sp³-hybridized carbons (Fsp3) is 0.208. The summed E-state index contributed by atoms with van der Waals surface area (Å²) in [5, 5.41) is 15.8. The Bertz CT molecular complexity index is 1010. The number of hydrogen-bond acceptors (Lipinski definition) is 3. The summed E-state index contributed by atoms with van der Waals surface area (Å²) in [7, 11) is 1.64. The number of aliphatic hydroxyl groups excluding tert-OH is 1. The molecule has 3 aromatic rings. The standard InChI is InChI=1S/C24H24N2O3/c1-29-21-12-9-16(10-13-21)18-5-2-6-19(14-18)25-24(28)26-23-7-3-4-17-8-11-20(27)15-22(17)23/h2-7,9-10,12-14,20,27H,8,11,15H2,1H3,(H2,25,26,28). The lowest BCUT2D eigenvalue weighted by Gasteiger charge is -2.23. The predicted molar refractivity (Wildman–Crippen MR) is 116 cm³/mol. The topological polar surface area (TPSA) is 70.6 Å². The number of ether oxygens (including phenoxy) is 1. The van der Waals surface area contributed by atoms with Gasteiger partial charge in [0.1, 0.15) is 5.75 Å². The lowest BCUT2D eigenvalue weighted by atomic mass is 9.88. The van der Waals surface area contributed by atoms with Crippen molar-refractivity contribution in [1.82, 2.24) is 0 Å². The van der Waals surface area contributed by atoms with Crippen molar-refractivity contribution < 1.29 is 14.6 Å². The Kier molecular flexibility index (Phi) is 5.49. The summed E-state index contributed by atoms with van der Waals surface area (Å²) < 4.78 is 5.20. The molecular formula is C24H24N2O3. The molecule has 0 bridgehead atoms. The number of carbonyl (C=O) groups excluding carboxylic acids is 1. The van der Waals surface area contributed by atoms with Gasteiger partial charge in [0.15, 0.2) is 0 Å². The number of fused-ring (bicyclic) bond motifs is 1. The molecule has 2 amide bonds. The van der Waals surface area contributed by atoms with Gasteiger partial charge in [0.25, 0.3) is 0 Å². The molecule has 5 nitrogen and oxygen atoms in total. The van der Waals surface area contributed by atoms with E-state index >= 15 is 0 Å². The van der Waals surface area contributed by atoms with Gasteiger partial charge in [-0.3, -0.25) is 0 Å². The highest BCUT2D eigenvalue weighted by atomic mass is 16.5. The minimum Gasteiger partial charge on any atom is -0.497 e. The molecule has 3 N–H and O–H groups in total. The van der Waals surface area contributed by atoms with Gasteiger partial charge < -0.3 is 20.5 Å². The largest absolute Gasteiger partial charge is 0.497 e. The summed E-state index contributed by atoms with van der Waals surface area (Å²) >= 11 is 0. The van der Waals surface area contributed by atoms with Crippen molar-refractivity contribution in [3.05, 3.63) is 77.9 Å². The quantitative estimate of drug-likeness (QED) is 0.598. The van der Waals surface area contributed by atoms with Crippen LogP contribution in [0.3, 0.4) is 0 Å². The molecular weight excluding hydrogens is 364 g/mol. The minimum absolute atomic E-state index is 0.301. The molecule has 0 saturated heterocycles. The lowest BCUT2D eigenvalue weighted by molar-refractivity contribution is 0.159. The highest BCUT2D eigenvalue weighted by molar-refractivity contribution is 6.00. The van der Waals surface area contributed by atoms with Crippen molar-refractivity contribution in [2.24, 2.45) is 0 Å². The van der Waals surface area contributed by atoms with Crippen molar-refractivity contribution >= 4 is 17.4 Å². The first-order valence-corrected chi connectivity index (χ1v) is 9.74. The smallest absolute Gasteiger partial charge is 0.323 e. The molecule has 0 aliphatic heterocycles. The van der Waals surface area contributed by atoms with Crippen LogP contribution in [0.25, 0.3) is 11.1 Å². The minimum atomic E-state index is -0.352. The van der Waals surface area contributed by atoms with E-state index in [4.69, 9.17) is 4.74 Å². The van der Waals surface area contributed by atoms with E-state index in [9.17, 15) is 9.90 Å². The molecule has 29 heavy (non-hydrogen) atoms. The van der Waals surface area contributed by atoms with Gasteiger partial charge in [-0.25, -0.2) is 4.79 Å². The first-order chi connectivity index (χ1) is 14.1. The molecule has 3 aromatic carbocycles. The molecule has 148 valence electrons. The zero-order valence-electron chi connectivity index (χ0n) is 16.3. The SMILES string of the molecule is COc1ccc(-c2cccc(NC(=O)Nc3cccc4c3CC(O)CC4)c2)cc1. The fourth-order valence-corrected chi connectivity index (χ4v) is 3.73. The number of nitrogens with one attached hydrogen (secondary N) is 2.